The van der Waals surface area contributed by atoms with Gasteiger partial charge in [-0.25, -0.2) is 4.98 Å². The molecule has 2 aromatic carbocycles. The van der Waals surface area contributed by atoms with Gasteiger partial charge in [0.15, 0.2) is 12.3 Å². The van der Waals surface area contributed by atoms with Crippen molar-refractivity contribution < 1.29 is 22.6 Å². The van der Waals surface area contributed by atoms with Gasteiger partial charge in [0.25, 0.3) is 5.56 Å². The number of benzene rings is 2. The highest BCUT2D eigenvalue weighted by atomic mass is 19.4. The Bertz CT molecular complexity index is 1610. The number of hydrogen-bond donors (Lipinski definition) is 0. The molecular weight excluding hydrogens is 463 g/mol. The molecule has 11 heteroatoms. The fraction of sp³-hybridized carbons (Fsp3) is 0.167. The molecule has 0 radical (unpaired) electrons. The van der Waals surface area contributed by atoms with Crippen molar-refractivity contribution in [3.8, 4) is 28.6 Å². The van der Waals surface area contributed by atoms with Gasteiger partial charge in [0, 0.05) is 30.3 Å². The van der Waals surface area contributed by atoms with Crippen molar-refractivity contribution >= 4 is 22.1 Å². The maximum atomic E-state index is 13.7. The van der Waals surface area contributed by atoms with E-state index in [-0.39, 0.29) is 17.2 Å². The molecule has 35 heavy (non-hydrogen) atoms. The minimum atomic E-state index is -4.53. The average molecular weight is 481 g/mol. The van der Waals surface area contributed by atoms with Gasteiger partial charge in [-0.05, 0) is 42.5 Å². The normalized spacial score (nSPS) is 11.8. The fourth-order valence-corrected chi connectivity index (χ4v) is 3.74. The Morgan fingerprint density at radius 3 is 2.43 bits per heavy atom. The molecule has 0 saturated heterocycles. The highest BCUT2D eigenvalue weighted by molar-refractivity contribution is 5.85. The second-order valence-corrected chi connectivity index (χ2v) is 7.77. The third kappa shape index (κ3) is 4.39. The Labute approximate surface area is 196 Å². The number of rotatable bonds is 5. The molecule has 0 fully saturated rings. The van der Waals surface area contributed by atoms with Gasteiger partial charge in [-0.2, -0.15) is 23.3 Å². The Morgan fingerprint density at radius 1 is 0.971 bits per heavy atom. The van der Waals surface area contributed by atoms with Gasteiger partial charge in [-0.15, -0.1) is 0 Å². The van der Waals surface area contributed by atoms with Gasteiger partial charge in [-0.1, -0.05) is 6.07 Å². The molecule has 5 aromatic rings. The average Bonchev–Trinajstić information content (AvgIpc) is 3.21. The van der Waals surface area contributed by atoms with E-state index in [2.05, 4.69) is 15.1 Å². The lowest BCUT2D eigenvalue weighted by atomic mass is 10.1. The SMILES string of the molecule is COc1ccc(-n2c(=O)c(-c3ccc4nn(C)cc4c3)nc3ccc(OCC(F)(F)F)nc32)cc1. The zero-order valence-electron chi connectivity index (χ0n) is 18.6. The maximum Gasteiger partial charge on any atom is 0.422 e. The van der Waals surface area contributed by atoms with E-state index in [1.54, 1.807) is 48.1 Å². The molecule has 0 aliphatic carbocycles. The zero-order valence-corrected chi connectivity index (χ0v) is 18.6. The largest absolute Gasteiger partial charge is 0.497 e. The minimum absolute atomic E-state index is 0.0612. The number of alkyl halides is 3. The summed E-state index contributed by atoms with van der Waals surface area (Å²) in [6.07, 6.45) is -2.70. The number of halogens is 3. The number of fused-ring (bicyclic) bond motifs is 2. The predicted octanol–water partition coefficient (Wildman–Crippen LogP) is 4.28. The third-order valence-corrected chi connectivity index (χ3v) is 5.29. The van der Waals surface area contributed by atoms with Crippen LogP contribution in [0.3, 0.4) is 0 Å². The molecule has 3 aromatic heterocycles. The first-order chi connectivity index (χ1) is 16.7. The van der Waals surface area contributed by atoms with Crippen molar-refractivity contribution in [1.29, 1.82) is 0 Å². The van der Waals surface area contributed by atoms with Crippen LogP contribution >= 0.6 is 0 Å². The van der Waals surface area contributed by atoms with E-state index < -0.39 is 18.3 Å². The number of ether oxygens (including phenoxy) is 2. The second kappa shape index (κ2) is 8.42. The number of pyridine rings is 1. The summed E-state index contributed by atoms with van der Waals surface area (Å²) in [6.45, 7) is -1.51. The summed E-state index contributed by atoms with van der Waals surface area (Å²) >= 11 is 0. The quantitative estimate of drug-likeness (QED) is 0.373. The van der Waals surface area contributed by atoms with Crippen molar-refractivity contribution in [3.05, 3.63) is 71.1 Å². The van der Waals surface area contributed by atoms with Crippen LogP contribution < -0.4 is 15.0 Å². The highest BCUT2D eigenvalue weighted by Gasteiger charge is 2.29. The Balaban J connectivity index is 1.72. The van der Waals surface area contributed by atoms with Crippen LogP contribution in [0.25, 0.3) is 39.0 Å². The van der Waals surface area contributed by atoms with Crippen molar-refractivity contribution in [2.24, 2.45) is 7.05 Å². The fourth-order valence-electron chi connectivity index (χ4n) is 3.74. The molecule has 0 aliphatic heterocycles. The molecular formula is C24H18F3N5O3. The molecule has 8 nitrogen and oxygen atoms in total. The lowest BCUT2D eigenvalue weighted by molar-refractivity contribution is -0.154. The van der Waals surface area contributed by atoms with Crippen LogP contribution in [0.2, 0.25) is 0 Å². The van der Waals surface area contributed by atoms with Crippen molar-refractivity contribution in [1.82, 2.24) is 24.3 Å². The summed E-state index contributed by atoms with van der Waals surface area (Å²) < 4.78 is 50.9. The zero-order chi connectivity index (χ0) is 24.7. The van der Waals surface area contributed by atoms with E-state index >= 15 is 0 Å². The molecule has 178 valence electrons. The Kier molecular flexibility index (Phi) is 5.39. The van der Waals surface area contributed by atoms with Crippen molar-refractivity contribution in [2.75, 3.05) is 13.7 Å². The van der Waals surface area contributed by atoms with Crippen LogP contribution in [0.4, 0.5) is 13.2 Å². The Hall–Kier alpha value is -4.41. The first-order valence-corrected chi connectivity index (χ1v) is 10.4. The number of methoxy groups -OCH3 is 1. The van der Waals surface area contributed by atoms with Crippen molar-refractivity contribution in [2.45, 2.75) is 6.18 Å². The molecule has 0 unspecified atom stereocenters. The summed E-state index contributed by atoms with van der Waals surface area (Å²) in [4.78, 5) is 22.4. The van der Waals surface area contributed by atoms with Gasteiger partial charge < -0.3 is 9.47 Å². The van der Waals surface area contributed by atoms with E-state index in [1.165, 1.54) is 23.8 Å². The first-order valence-electron chi connectivity index (χ1n) is 10.4. The lowest BCUT2D eigenvalue weighted by Crippen LogP contribution is -2.23. The summed E-state index contributed by atoms with van der Waals surface area (Å²) in [6, 6.07) is 14.7. The molecule has 0 bridgehead atoms. The highest BCUT2D eigenvalue weighted by Crippen LogP contribution is 2.25. The van der Waals surface area contributed by atoms with E-state index in [0.29, 0.717) is 22.5 Å². The molecule has 0 N–H and O–H groups in total. The first kappa shape index (κ1) is 22.4. The summed E-state index contributed by atoms with van der Waals surface area (Å²) in [5.74, 6) is 0.299. The molecule has 5 rings (SSSR count). The van der Waals surface area contributed by atoms with Crippen LogP contribution in [0.5, 0.6) is 11.6 Å². The predicted molar refractivity (Wildman–Crippen MR) is 123 cm³/mol. The van der Waals surface area contributed by atoms with Gasteiger partial charge in [0.2, 0.25) is 5.88 Å². The monoisotopic (exact) mass is 481 g/mol. The van der Waals surface area contributed by atoms with E-state index in [9.17, 15) is 18.0 Å². The number of aryl methyl sites for hydroxylation is 1. The summed E-state index contributed by atoms with van der Waals surface area (Å²) in [7, 11) is 3.32. The van der Waals surface area contributed by atoms with Gasteiger partial charge in [0.05, 0.1) is 18.3 Å². The topological polar surface area (TPSA) is 84.1 Å². The molecule has 3 heterocycles. The van der Waals surface area contributed by atoms with Gasteiger partial charge in [0.1, 0.15) is 17.0 Å². The van der Waals surface area contributed by atoms with Crippen LogP contribution in [-0.4, -0.2) is 44.2 Å². The van der Waals surface area contributed by atoms with Crippen LogP contribution in [0.15, 0.2) is 65.6 Å². The molecule has 0 atom stereocenters. The maximum absolute atomic E-state index is 13.7. The molecule has 0 saturated carbocycles. The van der Waals surface area contributed by atoms with Crippen LogP contribution in [-0.2, 0) is 7.05 Å². The smallest absolute Gasteiger partial charge is 0.422 e. The van der Waals surface area contributed by atoms with Gasteiger partial charge >= 0.3 is 6.18 Å². The lowest BCUT2D eigenvalue weighted by Gasteiger charge is -2.14. The number of aromatic nitrogens is 5. The van der Waals surface area contributed by atoms with E-state index in [4.69, 9.17) is 9.47 Å². The number of hydrogen-bond acceptors (Lipinski definition) is 6. The molecule has 0 spiro atoms. The minimum Gasteiger partial charge on any atom is -0.497 e. The summed E-state index contributed by atoms with van der Waals surface area (Å²) in [5.41, 5.74) is 1.80. The summed E-state index contributed by atoms with van der Waals surface area (Å²) in [5, 5.41) is 5.17. The molecule has 0 amide bonds. The van der Waals surface area contributed by atoms with Gasteiger partial charge in [-0.3, -0.25) is 14.0 Å². The number of nitrogens with zero attached hydrogens (tertiary/aromatic N) is 5. The van der Waals surface area contributed by atoms with E-state index in [0.717, 1.165) is 10.9 Å². The van der Waals surface area contributed by atoms with E-state index in [1.807, 2.05) is 12.3 Å². The second-order valence-electron chi connectivity index (χ2n) is 7.77. The third-order valence-electron chi connectivity index (χ3n) is 5.29. The van der Waals surface area contributed by atoms with Crippen LogP contribution in [0.1, 0.15) is 0 Å². The van der Waals surface area contributed by atoms with Crippen LogP contribution in [0, 0.1) is 0 Å². The standard InChI is InChI=1S/C24H18F3N5O3/c1-31-12-15-11-14(3-8-18(15)30-31)21-23(33)32(16-4-6-17(34-2)7-5-16)22-19(28-21)9-10-20(29-22)35-13-24(25,26)27/h3-12H,13H2,1-2H3. The molecule has 0 aliphatic rings. The van der Waals surface area contributed by atoms with Crippen molar-refractivity contribution in [3.63, 3.8) is 0 Å². The Morgan fingerprint density at radius 2 is 1.71 bits per heavy atom.